The van der Waals surface area contributed by atoms with E-state index in [0.29, 0.717) is 18.5 Å². The lowest BCUT2D eigenvalue weighted by molar-refractivity contribution is -0.142. The second-order valence-corrected chi connectivity index (χ2v) is 6.28. The highest BCUT2D eigenvalue weighted by molar-refractivity contribution is 5.79. The van der Waals surface area contributed by atoms with Crippen LogP contribution in [0.5, 0.6) is 0 Å². The van der Waals surface area contributed by atoms with Crippen LogP contribution in [0.4, 0.5) is 0 Å². The van der Waals surface area contributed by atoms with Crippen molar-refractivity contribution in [3.8, 4) is 0 Å². The smallest absolute Gasteiger partial charge is 0.226 e. The van der Waals surface area contributed by atoms with E-state index in [1.54, 1.807) is 12.5 Å². The fourth-order valence-corrected chi connectivity index (χ4v) is 3.54. The minimum Gasteiger partial charge on any atom is -0.472 e. The van der Waals surface area contributed by atoms with E-state index >= 15 is 0 Å². The number of furan rings is 1. The van der Waals surface area contributed by atoms with Gasteiger partial charge in [0.15, 0.2) is 0 Å². The molecule has 1 aliphatic carbocycles. The van der Waals surface area contributed by atoms with Crippen molar-refractivity contribution in [1.29, 1.82) is 0 Å². The third kappa shape index (κ3) is 3.67. The van der Waals surface area contributed by atoms with E-state index < -0.39 is 0 Å². The van der Waals surface area contributed by atoms with Crippen molar-refractivity contribution in [2.45, 2.75) is 57.5 Å². The third-order valence-electron chi connectivity index (χ3n) is 4.80. The summed E-state index contributed by atoms with van der Waals surface area (Å²) in [4.78, 5) is 15.1. The van der Waals surface area contributed by atoms with Crippen LogP contribution in [0.15, 0.2) is 23.0 Å². The van der Waals surface area contributed by atoms with Gasteiger partial charge in [0.1, 0.15) is 0 Å². The van der Waals surface area contributed by atoms with Gasteiger partial charge in [-0.05, 0) is 31.7 Å². The zero-order valence-electron chi connectivity index (χ0n) is 12.6. The second-order valence-electron chi connectivity index (χ2n) is 6.28. The van der Waals surface area contributed by atoms with Gasteiger partial charge in [0.05, 0.1) is 12.5 Å². The van der Waals surface area contributed by atoms with E-state index in [-0.39, 0.29) is 5.92 Å². The Bertz CT molecular complexity index is 431. The normalized spacial score (nSPS) is 21.3. The maximum Gasteiger partial charge on any atom is 0.226 e. The fraction of sp³-hybridized carbons (Fsp3) is 0.706. The quantitative estimate of drug-likeness (QED) is 0.854. The number of hydrogen-bond donors (Lipinski definition) is 0. The summed E-state index contributed by atoms with van der Waals surface area (Å²) in [6.45, 7) is 2.14. The largest absolute Gasteiger partial charge is 0.472 e. The Morgan fingerprint density at radius 2 is 1.90 bits per heavy atom. The summed E-state index contributed by atoms with van der Waals surface area (Å²) in [7, 11) is 0. The molecule has 1 aromatic heterocycles. The first-order chi connectivity index (χ1) is 10.3. The van der Waals surface area contributed by atoms with Gasteiger partial charge in [-0.3, -0.25) is 4.79 Å². The molecule has 0 atom stereocenters. The van der Waals surface area contributed by atoms with Crippen LogP contribution in [0.25, 0.3) is 0 Å². The molecule has 0 bridgehead atoms. The van der Waals surface area contributed by atoms with E-state index in [4.69, 9.17) is 9.15 Å². The lowest BCUT2D eigenvalue weighted by Gasteiger charge is -2.37. The second kappa shape index (κ2) is 7.12. The van der Waals surface area contributed by atoms with Crippen LogP contribution in [0, 0.1) is 5.92 Å². The average molecular weight is 291 g/mol. The summed E-state index contributed by atoms with van der Waals surface area (Å²) in [5.41, 5.74) is 1.10. The molecule has 2 fully saturated rings. The number of nitrogens with zero attached hydrogens (tertiary/aromatic N) is 1. The molecule has 3 rings (SSSR count). The number of hydrogen-bond acceptors (Lipinski definition) is 3. The molecule has 1 saturated carbocycles. The molecule has 1 saturated heterocycles. The Morgan fingerprint density at radius 1 is 1.14 bits per heavy atom. The average Bonchev–Trinajstić information content (AvgIpc) is 3.07. The molecule has 4 nitrogen and oxygen atoms in total. The van der Waals surface area contributed by atoms with Gasteiger partial charge in [0.2, 0.25) is 5.91 Å². The number of ether oxygens (including phenoxy) is 1. The highest BCUT2D eigenvalue weighted by Crippen LogP contribution is 2.28. The minimum atomic E-state index is 0.146. The summed E-state index contributed by atoms with van der Waals surface area (Å²) in [6, 6.07) is 2.37. The molecular formula is C17H25NO3. The maximum absolute atomic E-state index is 13.0. The molecule has 2 heterocycles. The van der Waals surface area contributed by atoms with Crippen molar-refractivity contribution in [2.75, 3.05) is 13.2 Å². The molecule has 0 aromatic carbocycles. The number of rotatable bonds is 4. The van der Waals surface area contributed by atoms with Crippen LogP contribution in [-0.4, -0.2) is 30.1 Å². The zero-order chi connectivity index (χ0) is 14.5. The highest BCUT2D eigenvalue weighted by Gasteiger charge is 2.31. The zero-order valence-corrected chi connectivity index (χ0v) is 12.6. The molecule has 0 N–H and O–H groups in total. The topological polar surface area (TPSA) is 42.7 Å². The lowest BCUT2D eigenvalue weighted by atomic mass is 9.91. The third-order valence-corrected chi connectivity index (χ3v) is 4.80. The predicted octanol–water partition coefficient (Wildman–Crippen LogP) is 3.37. The first-order valence-corrected chi connectivity index (χ1v) is 8.24. The molecule has 21 heavy (non-hydrogen) atoms. The van der Waals surface area contributed by atoms with Crippen LogP contribution < -0.4 is 0 Å². The predicted molar refractivity (Wildman–Crippen MR) is 79.7 cm³/mol. The van der Waals surface area contributed by atoms with Crippen molar-refractivity contribution in [3.63, 3.8) is 0 Å². The van der Waals surface area contributed by atoms with Gasteiger partial charge in [0, 0.05) is 37.3 Å². The van der Waals surface area contributed by atoms with Gasteiger partial charge in [-0.25, -0.2) is 0 Å². The van der Waals surface area contributed by atoms with Gasteiger partial charge in [0.25, 0.3) is 0 Å². The molecule has 1 aromatic rings. The van der Waals surface area contributed by atoms with Crippen molar-refractivity contribution >= 4 is 5.91 Å². The van der Waals surface area contributed by atoms with Gasteiger partial charge < -0.3 is 14.1 Å². The maximum atomic E-state index is 13.0. The first kappa shape index (κ1) is 14.6. The van der Waals surface area contributed by atoms with E-state index in [2.05, 4.69) is 4.90 Å². The molecular weight excluding hydrogens is 266 g/mol. The van der Waals surface area contributed by atoms with Crippen molar-refractivity contribution < 1.29 is 13.9 Å². The molecule has 4 heteroatoms. The SMILES string of the molecule is O=C(C1CCOCC1)N(Cc1ccoc1)C1CCCCC1. The summed E-state index contributed by atoms with van der Waals surface area (Å²) in [5.74, 6) is 0.471. The van der Waals surface area contributed by atoms with Crippen molar-refractivity contribution in [2.24, 2.45) is 5.92 Å². The van der Waals surface area contributed by atoms with Crippen molar-refractivity contribution in [1.82, 2.24) is 4.90 Å². The Labute approximate surface area is 126 Å². The van der Waals surface area contributed by atoms with E-state index in [0.717, 1.165) is 44.5 Å². The Balaban J connectivity index is 1.71. The Morgan fingerprint density at radius 3 is 2.57 bits per heavy atom. The number of carbonyl (C=O) groups is 1. The van der Waals surface area contributed by atoms with Gasteiger partial charge in [-0.15, -0.1) is 0 Å². The van der Waals surface area contributed by atoms with Crippen molar-refractivity contribution in [3.05, 3.63) is 24.2 Å². The molecule has 2 aliphatic rings. The van der Waals surface area contributed by atoms with E-state index in [1.807, 2.05) is 6.07 Å². The van der Waals surface area contributed by atoms with Gasteiger partial charge in [-0.1, -0.05) is 19.3 Å². The summed E-state index contributed by atoms with van der Waals surface area (Å²) in [6.07, 6.45) is 11.3. The Hall–Kier alpha value is -1.29. The summed E-state index contributed by atoms with van der Waals surface area (Å²) in [5, 5.41) is 0. The minimum absolute atomic E-state index is 0.146. The van der Waals surface area contributed by atoms with Crippen LogP contribution >= 0.6 is 0 Å². The van der Waals surface area contributed by atoms with E-state index in [9.17, 15) is 4.79 Å². The fourth-order valence-electron chi connectivity index (χ4n) is 3.54. The van der Waals surface area contributed by atoms with Crippen LogP contribution in [0.3, 0.4) is 0 Å². The highest BCUT2D eigenvalue weighted by atomic mass is 16.5. The number of carbonyl (C=O) groups excluding carboxylic acids is 1. The van der Waals surface area contributed by atoms with Crippen LogP contribution in [0.2, 0.25) is 0 Å². The monoisotopic (exact) mass is 291 g/mol. The Kier molecular flexibility index (Phi) is 4.96. The van der Waals surface area contributed by atoms with Crippen LogP contribution in [0.1, 0.15) is 50.5 Å². The summed E-state index contributed by atoms with van der Waals surface area (Å²) >= 11 is 0. The van der Waals surface area contributed by atoms with Gasteiger partial charge in [-0.2, -0.15) is 0 Å². The van der Waals surface area contributed by atoms with E-state index in [1.165, 1.54) is 19.3 Å². The van der Waals surface area contributed by atoms with Gasteiger partial charge >= 0.3 is 0 Å². The molecule has 116 valence electrons. The molecule has 1 amide bonds. The standard InChI is InChI=1S/C17H25NO3/c19-17(15-7-10-20-11-8-15)18(12-14-6-9-21-13-14)16-4-2-1-3-5-16/h6,9,13,15-16H,1-5,7-8,10-12H2. The molecule has 1 aliphatic heterocycles. The van der Waals surface area contributed by atoms with Crippen LogP contribution in [-0.2, 0) is 16.1 Å². The summed E-state index contributed by atoms with van der Waals surface area (Å²) < 4.78 is 10.6. The lowest BCUT2D eigenvalue weighted by Crippen LogP contribution is -2.45. The molecule has 0 unspecified atom stereocenters. The molecule has 0 spiro atoms. The first-order valence-electron chi connectivity index (χ1n) is 8.24. The number of amides is 1. The molecule has 0 radical (unpaired) electrons.